The standard InChI is InChI=1S/C21H35N3O3/c1-5-23-12-14-24(15-13-23)11-7-6-10-22-21(25)18-8-9-19(27-17(2)3)20(16-18)26-4/h8-9,16-17H,5-7,10-15H2,1-4H3,(H,22,25). The number of likely N-dealkylation sites (N-methyl/N-ethyl adjacent to an activating group) is 1. The Kier molecular flexibility index (Phi) is 8.88. The van der Waals surface area contributed by atoms with Gasteiger partial charge in [0.05, 0.1) is 13.2 Å². The lowest BCUT2D eigenvalue weighted by molar-refractivity contribution is 0.0951. The summed E-state index contributed by atoms with van der Waals surface area (Å²) in [5.74, 6) is 1.18. The molecule has 27 heavy (non-hydrogen) atoms. The van der Waals surface area contributed by atoms with E-state index in [0.29, 0.717) is 23.6 Å². The molecule has 1 N–H and O–H groups in total. The average Bonchev–Trinajstić information content (AvgIpc) is 2.68. The van der Waals surface area contributed by atoms with Gasteiger partial charge in [0, 0.05) is 38.3 Å². The molecular formula is C21H35N3O3. The van der Waals surface area contributed by atoms with Crippen molar-refractivity contribution in [3.8, 4) is 11.5 Å². The summed E-state index contributed by atoms with van der Waals surface area (Å²) in [6.45, 7) is 13.8. The Morgan fingerprint density at radius 1 is 1.11 bits per heavy atom. The summed E-state index contributed by atoms with van der Waals surface area (Å²) in [4.78, 5) is 17.4. The Morgan fingerprint density at radius 3 is 2.44 bits per heavy atom. The van der Waals surface area contributed by atoms with Crippen molar-refractivity contribution in [2.45, 2.75) is 39.7 Å². The molecule has 1 aliphatic heterocycles. The molecule has 152 valence electrons. The topological polar surface area (TPSA) is 54.0 Å². The number of benzene rings is 1. The third kappa shape index (κ3) is 7.03. The first-order valence-electron chi connectivity index (χ1n) is 10.1. The number of carbonyl (C=O) groups is 1. The van der Waals surface area contributed by atoms with Gasteiger partial charge in [-0.05, 0) is 58.0 Å². The van der Waals surface area contributed by atoms with Crippen LogP contribution in [0.5, 0.6) is 11.5 Å². The Bertz CT molecular complexity index is 584. The van der Waals surface area contributed by atoms with Crippen molar-refractivity contribution in [2.75, 3.05) is 52.9 Å². The van der Waals surface area contributed by atoms with Gasteiger partial charge in [-0.2, -0.15) is 0 Å². The molecule has 0 aliphatic carbocycles. The van der Waals surface area contributed by atoms with Gasteiger partial charge in [0.2, 0.25) is 0 Å². The van der Waals surface area contributed by atoms with Gasteiger partial charge >= 0.3 is 0 Å². The number of ether oxygens (including phenoxy) is 2. The van der Waals surface area contributed by atoms with E-state index >= 15 is 0 Å². The number of unbranched alkanes of at least 4 members (excludes halogenated alkanes) is 1. The fourth-order valence-electron chi connectivity index (χ4n) is 3.25. The van der Waals surface area contributed by atoms with E-state index in [9.17, 15) is 4.79 Å². The smallest absolute Gasteiger partial charge is 0.251 e. The quantitative estimate of drug-likeness (QED) is 0.635. The van der Waals surface area contributed by atoms with E-state index in [0.717, 1.165) is 39.0 Å². The molecular weight excluding hydrogens is 342 g/mol. The SMILES string of the molecule is CCN1CCN(CCCCNC(=O)c2ccc(OC(C)C)c(OC)c2)CC1. The number of amides is 1. The molecule has 0 unspecified atom stereocenters. The number of piperazine rings is 1. The second-order valence-electron chi connectivity index (χ2n) is 7.27. The van der Waals surface area contributed by atoms with Crippen LogP contribution in [0.1, 0.15) is 44.0 Å². The zero-order valence-corrected chi connectivity index (χ0v) is 17.3. The van der Waals surface area contributed by atoms with E-state index in [-0.39, 0.29) is 12.0 Å². The van der Waals surface area contributed by atoms with Crippen molar-refractivity contribution in [2.24, 2.45) is 0 Å². The van der Waals surface area contributed by atoms with Crippen molar-refractivity contribution < 1.29 is 14.3 Å². The third-order valence-electron chi connectivity index (χ3n) is 4.89. The number of hydrogen-bond donors (Lipinski definition) is 1. The molecule has 1 saturated heterocycles. The Hall–Kier alpha value is -1.79. The lowest BCUT2D eigenvalue weighted by Gasteiger charge is -2.33. The highest BCUT2D eigenvalue weighted by atomic mass is 16.5. The van der Waals surface area contributed by atoms with Crippen molar-refractivity contribution in [3.05, 3.63) is 23.8 Å². The minimum Gasteiger partial charge on any atom is -0.493 e. The number of methoxy groups -OCH3 is 1. The molecule has 6 nitrogen and oxygen atoms in total. The van der Waals surface area contributed by atoms with Crippen LogP contribution >= 0.6 is 0 Å². The summed E-state index contributed by atoms with van der Waals surface area (Å²) in [5.41, 5.74) is 0.596. The van der Waals surface area contributed by atoms with Crippen LogP contribution < -0.4 is 14.8 Å². The van der Waals surface area contributed by atoms with Crippen LogP contribution in [0.3, 0.4) is 0 Å². The first-order chi connectivity index (χ1) is 13.0. The summed E-state index contributed by atoms with van der Waals surface area (Å²) >= 11 is 0. The van der Waals surface area contributed by atoms with Gasteiger partial charge in [-0.25, -0.2) is 0 Å². The largest absolute Gasteiger partial charge is 0.493 e. The average molecular weight is 378 g/mol. The second-order valence-corrected chi connectivity index (χ2v) is 7.27. The second kappa shape index (κ2) is 11.1. The Morgan fingerprint density at radius 2 is 1.81 bits per heavy atom. The van der Waals surface area contributed by atoms with E-state index < -0.39 is 0 Å². The molecule has 0 atom stereocenters. The van der Waals surface area contributed by atoms with Crippen molar-refractivity contribution >= 4 is 5.91 Å². The van der Waals surface area contributed by atoms with Gasteiger partial charge in [-0.3, -0.25) is 4.79 Å². The van der Waals surface area contributed by atoms with Crippen molar-refractivity contribution in [1.29, 1.82) is 0 Å². The lowest BCUT2D eigenvalue weighted by Crippen LogP contribution is -2.46. The number of rotatable bonds is 10. The maximum absolute atomic E-state index is 12.4. The van der Waals surface area contributed by atoms with Crippen LogP contribution in [0.15, 0.2) is 18.2 Å². The number of nitrogens with zero attached hydrogens (tertiary/aromatic N) is 2. The number of nitrogens with one attached hydrogen (secondary N) is 1. The van der Waals surface area contributed by atoms with Gasteiger partial charge in [0.25, 0.3) is 5.91 Å². The van der Waals surface area contributed by atoms with E-state index in [1.807, 2.05) is 13.8 Å². The molecule has 1 aromatic rings. The first-order valence-corrected chi connectivity index (χ1v) is 10.1. The summed E-state index contributed by atoms with van der Waals surface area (Å²) in [7, 11) is 1.59. The minimum atomic E-state index is -0.0686. The molecule has 1 aliphatic rings. The fraction of sp³-hybridized carbons (Fsp3) is 0.667. The van der Waals surface area contributed by atoms with Gasteiger partial charge < -0.3 is 24.6 Å². The predicted octanol–water partition coefficient (Wildman–Crippen LogP) is 2.63. The van der Waals surface area contributed by atoms with E-state index in [4.69, 9.17) is 9.47 Å². The van der Waals surface area contributed by atoms with Gasteiger partial charge in [-0.15, -0.1) is 0 Å². The molecule has 1 aromatic carbocycles. The Labute approximate surface area is 163 Å². The van der Waals surface area contributed by atoms with E-state index in [1.54, 1.807) is 25.3 Å². The Balaban J connectivity index is 1.69. The highest BCUT2D eigenvalue weighted by molar-refractivity contribution is 5.94. The number of carbonyl (C=O) groups excluding carboxylic acids is 1. The summed E-state index contributed by atoms with van der Waals surface area (Å²) in [6, 6.07) is 5.31. The number of hydrogen-bond acceptors (Lipinski definition) is 5. The van der Waals surface area contributed by atoms with Crippen molar-refractivity contribution in [1.82, 2.24) is 15.1 Å². The van der Waals surface area contributed by atoms with Crippen LogP contribution in [0.2, 0.25) is 0 Å². The highest BCUT2D eigenvalue weighted by Crippen LogP contribution is 2.28. The van der Waals surface area contributed by atoms with Crippen LogP contribution in [-0.2, 0) is 0 Å². The van der Waals surface area contributed by atoms with Crippen molar-refractivity contribution in [3.63, 3.8) is 0 Å². The molecule has 0 bridgehead atoms. The third-order valence-corrected chi connectivity index (χ3v) is 4.89. The molecule has 0 spiro atoms. The zero-order valence-electron chi connectivity index (χ0n) is 17.3. The molecule has 1 heterocycles. The first kappa shape index (κ1) is 21.5. The van der Waals surface area contributed by atoms with E-state index in [1.165, 1.54) is 13.1 Å². The summed E-state index contributed by atoms with van der Waals surface area (Å²) in [6.07, 6.45) is 2.16. The molecule has 0 aromatic heterocycles. The monoisotopic (exact) mass is 377 g/mol. The van der Waals surface area contributed by atoms with Gasteiger partial charge in [-0.1, -0.05) is 6.92 Å². The molecule has 1 amide bonds. The molecule has 0 radical (unpaired) electrons. The van der Waals surface area contributed by atoms with Crippen LogP contribution in [-0.4, -0.2) is 74.7 Å². The van der Waals surface area contributed by atoms with Gasteiger partial charge in [0.15, 0.2) is 11.5 Å². The molecule has 6 heteroatoms. The van der Waals surface area contributed by atoms with Crippen LogP contribution in [0.4, 0.5) is 0 Å². The van der Waals surface area contributed by atoms with E-state index in [2.05, 4.69) is 22.0 Å². The maximum atomic E-state index is 12.4. The molecule has 2 rings (SSSR count). The minimum absolute atomic E-state index is 0.0588. The van der Waals surface area contributed by atoms with Crippen LogP contribution in [0, 0.1) is 0 Å². The summed E-state index contributed by atoms with van der Waals surface area (Å²) in [5, 5.41) is 3.00. The summed E-state index contributed by atoms with van der Waals surface area (Å²) < 4.78 is 11.0. The zero-order chi connectivity index (χ0) is 19.6. The molecule has 1 fully saturated rings. The normalized spacial score (nSPS) is 15.7. The fourth-order valence-corrected chi connectivity index (χ4v) is 3.25. The van der Waals surface area contributed by atoms with Crippen LogP contribution in [0.25, 0.3) is 0 Å². The lowest BCUT2D eigenvalue weighted by atomic mass is 10.1. The highest BCUT2D eigenvalue weighted by Gasteiger charge is 2.15. The van der Waals surface area contributed by atoms with Gasteiger partial charge in [0.1, 0.15) is 0 Å². The maximum Gasteiger partial charge on any atom is 0.251 e. The predicted molar refractivity (Wildman–Crippen MR) is 109 cm³/mol. The molecule has 0 saturated carbocycles.